The Bertz CT molecular complexity index is 690. The standard InChI is InChI=1S/C24H42N2O7/c1-16(2)5-6-19-23(3,29)21-20(31-4)18(7-9-24(21,30)15-32-19)33-22(28)26-13-17(14-26)8-10-25-11-12-27/h5,17-21,25,27,29-30H,6-15H2,1-4H3. The maximum absolute atomic E-state index is 12.8. The van der Waals surface area contributed by atoms with Crippen molar-refractivity contribution in [3.63, 3.8) is 0 Å². The summed E-state index contributed by atoms with van der Waals surface area (Å²) < 4.78 is 17.5. The minimum absolute atomic E-state index is 0.119. The van der Waals surface area contributed by atoms with E-state index in [0.29, 0.717) is 44.8 Å². The van der Waals surface area contributed by atoms with Crippen LogP contribution in [0.5, 0.6) is 0 Å². The van der Waals surface area contributed by atoms with Crippen LogP contribution in [0.3, 0.4) is 0 Å². The molecule has 3 aliphatic rings. The van der Waals surface area contributed by atoms with Gasteiger partial charge in [0, 0.05) is 26.7 Å². The molecular weight excluding hydrogens is 428 g/mol. The smallest absolute Gasteiger partial charge is 0.410 e. The monoisotopic (exact) mass is 470 g/mol. The Morgan fingerprint density at radius 3 is 2.64 bits per heavy atom. The number of fused-ring (bicyclic) bond motifs is 1. The Kier molecular flexibility index (Phi) is 8.80. The van der Waals surface area contributed by atoms with Gasteiger partial charge in [0.05, 0.1) is 36.4 Å². The highest BCUT2D eigenvalue weighted by Gasteiger charge is 2.62. The van der Waals surface area contributed by atoms with Gasteiger partial charge in [-0.2, -0.15) is 0 Å². The molecule has 1 aliphatic carbocycles. The molecule has 6 unspecified atom stereocenters. The zero-order valence-electron chi connectivity index (χ0n) is 20.5. The van der Waals surface area contributed by atoms with Gasteiger partial charge in [-0.15, -0.1) is 0 Å². The molecule has 9 heteroatoms. The molecule has 9 nitrogen and oxygen atoms in total. The van der Waals surface area contributed by atoms with E-state index in [2.05, 4.69) is 5.32 Å². The van der Waals surface area contributed by atoms with Crippen molar-refractivity contribution in [2.45, 2.75) is 76.0 Å². The van der Waals surface area contributed by atoms with Gasteiger partial charge in [-0.25, -0.2) is 4.79 Å². The van der Waals surface area contributed by atoms with Gasteiger partial charge in [-0.05, 0) is 58.9 Å². The van der Waals surface area contributed by atoms with Crippen molar-refractivity contribution in [2.24, 2.45) is 11.8 Å². The molecule has 3 rings (SSSR count). The third kappa shape index (κ3) is 5.89. The fourth-order valence-electron chi connectivity index (χ4n) is 5.56. The highest BCUT2D eigenvalue weighted by atomic mass is 16.6. The van der Waals surface area contributed by atoms with E-state index in [9.17, 15) is 15.0 Å². The number of nitrogens with zero attached hydrogens (tertiary/aromatic N) is 1. The molecule has 3 fully saturated rings. The van der Waals surface area contributed by atoms with Crippen molar-refractivity contribution in [1.29, 1.82) is 0 Å². The van der Waals surface area contributed by atoms with E-state index in [1.54, 1.807) is 11.8 Å². The Morgan fingerprint density at radius 1 is 1.27 bits per heavy atom. The minimum Gasteiger partial charge on any atom is -0.443 e. The van der Waals surface area contributed by atoms with Crippen molar-refractivity contribution in [3.05, 3.63) is 11.6 Å². The van der Waals surface area contributed by atoms with Gasteiger partial charge in [0.1, 0.15) is 12.2 Å². The van der Waals surface area contributed by atoms with Crippen LogP contribution in [-0.2, 0) is 14.2 Å². The molecule has 190 valence electrons. The number of amides is 1. The quantitative estimate of drug-likeness (QED) is 0.292. The number of nitrogens with one attached hydrogen (secondary N) is 1. The first-order chi connectivity index (χ1) is 15.6. The number of rotatable bonds is 9. The third-order valence-corrected chi connectivity index (χ3v) is 7.45. The molecule has 1 saturated carbocycles. The maximum Gasteiger partial charge on any atom is 0.410 e. The van der Waals surface area contributed by atoms with Crippen LogP contribution in [0.15, 0.2) is 11.6 Å². The van der Waals surface area contributed by atoms with Gasteiger partial charge in [-0.3, -0.25) is 0 Å². The largest absolute Gasteiger partial charge is 0.443 e. The van der Waals surface area contributed by atoms with Crippen LogP contribution in [0.1, 0.15) is 46.5 Å². The summed E-state index contributed by atoms with van der Waals surface area (Å²) in [6.07, 6.45) is 2.25. The number of aliphatic hydroxyl groups excluding tert-OH is 1. The zero-order chi connectivity index (χ0) is 24.2. The van der Waals surface area contributed by atoms with Crippen LogP contribution >= 0.6 is 0 Å². The number of allylic oxidation sites excluding steroid dienone is 1. The molecule has 0 aromatic heterocycles. The molecule has 0 bridgehead atoms. The molecule has 0 aromatic rings. The topological polar surface area (TPSA) is 121 Å². The summed E-state index contributed by atoms with van der Waals surface area (Å²) in [5.41, 5.74) is -1.46. The Labute approximate surface area is 197 Å². The van der Waals surface area contributed by atoms with Gasteiger partial charge in [0.25, 0.3) is 0 Å². The van der Waals surface area contributed by atoms with E-state index in [4.69, 9.17) is 19.3 Å². The Balaban J connectivity index is 1.61. The molecule has 0 spiro atoms. The SMILES string of the molecule is COC1C(OC(=O)N2CC(CCNCCO)C2)CCC2(O)COC(CC=C(C)C)C(C)(O)C12. The van der Waals surface area contributed by atoms with Gasteiger partial charge in [-0.1, -0.05) is 11.6 Å². The first-order valence-corrected chi connectivity index (χ1v) is 12.1. The van der Waals surface area contributed by atoms with Crippen LogP contribution in [0, 0.1) is 11.8 Å². The highest BCUT2D eigenvalue weighted by Crippen LogP contribution is 2.48. The van der Waals surface area contributed by atoms with Crippen molar-refractivity contribution in [3.8, 4) is 0 Å². The average molecular weight is 471 g/mol. The molecule has 6 atom stereocenters. The van der Waals surface area contributed by atoms with E-state index in [1.165, 1.54) is 7.11 Å². The van der Waals surface area contributed by atoms with Gasteiger partial charge < -0.3 is 39.7 Å². The lowest BCUT2D eigenvalue weighted by Crippen LogP contribution is -2.71. The second-order valence-corrected chi connectivity index (χ2v) is 10.3. The van der Waals surface area contributed by atoms with E-state index >= 15 is 0 Å². The average Bonchev–Trinajstić information content (AvgIpc) is 2.71. The minimum atomic E-state index is -1.35. The van der Waals surface area contributed by atoms with Crippen molar-refractivity contribution in [1.82, 2.24) is 10.2 Å². The lowest BCUT2D eigenvalue weighted by Gasteiger charge is -2.57. The highest BCUT2D eigenvalue weighted by molar-refractivity contribution is 5.69. The molecule has 1 amide bonds. The summed E-state index contributed by atoms with van der Waals surface area (Å²) >= 11 is 0. The van der Waals surface area contributed by atoms with Crippen LogP contribution in [-0.4, -0.2) is 102 Å². The summed E-state index contributed by atoms with van der Waals surface area (Å²) in [7, 11) is 1.53. The summed E-state index contributed by atoms with van der Waals surface area (Å²) in [6.45, 7) is 8.60. The van der Waals surface area contributed by atoms with Crippen molar-refractivity contribution >= 4 is 6.09 Å². The molecule has 33 heavy (non-hydrogen) atoms. The fourth-order valence-corrected chi connectivity index (χ4v) is 5.56. The number of aliphatic hydroxyl groups is 3. The number of carbonyl (C=O) groups is 1. The van der Waals surface area contributed by atoms with Crippen LogP contribution < -0.4 is 5.32 Å². The van der Waals surface area contributed by atoms with Crippen molar-refractivity contribution < 1.29 is 34.3 Å². The Morgan fingerprint density at radius 2 is 2.00 bits per heavy atom. The van der Waals surface area contributed by atoms with E-state index in [0.717, 1.165) is 18.5 Å². The van der Waals surface area contributed by atoms with Gasteiger partial charge in [0.2, 0.25) is 0 Å². The summed E-state index contributed by atoms with van der Waals surface area (Å²) in [5.74, 6) is -0.224. The van der Waals surface area contributed by atoms with Crippen LogP contribution in [0.25, 0.3) is 0 Å². The van der Waals surface area contributed by atoms with E-state index in [1.807, 2.05) is 19.9 Å². The lowest BCUT2D eigenvalue weighted by atomic mass is 9.62. The Hall–Kier alpha value is -1.23. The van der Waals surface area contributed by atoms with Crippen LogP contribution in [0.4, 0.5) is 4.79 Å². The molecule has 0 radical (unpaired) electrons. The van der Waals surface area contributed by atoms with Gasteiger partial charge in [0.15, 0.2) is 0 Å². The maximum atomic E-state index is 12.8. The number of likely N-dealkylation sites (tertiary alicyclic amines) is 1. The number of methoxy groups -OCH3 is 1. The normalized spacial score (nSPS) is 36.6. The number of hydrogen-bond acceptors (Lipinski definition) is 8. The van der Waals surface area contributed by atoms with E-state index < -0.39 is 35.4 Å². The number of ether oxygens (including phenoxy) is 3. The second-order valence-electron chi connectivity index (χ2n) is 10.3. The zero-order valence-corrected chi connectivity index (χ0v) is 20.5. The third-order valence-electron chi connectivity index (χ3n) is 7.45. The van der Waals surface area contributed by atoms with Gasteiger partial charge >= 0.3 is 6.09 Å². The number of hydrogen-bond donors (Lipinski definition) is 4. The molecule has 2 heterocycles. The first kappa shape index (κ1) is 26.4. The summed E-state index contributed by atoms with van der Waals surface area (Å²) in [6, 6.07) is 0. The molecule has 2 saturated heterocycles. The second kappa shape index (κ2) is 11.0. The molecule has 0 aromatic carbocycles. The molecule has 2 aliphatic heterocycles. The molecule has 4 N–H and O–H groups in total. The van der Waals surface area contributed by atoms with Crippen LogP contribution in [0.2, 0.25) is 0 Å². The molecular formula is C24H42N2O7. The number of carbonyl (C=O) groups excluding carboxylic acids is 1. The predicted molar refractivity (Wildman–Crippen MR) is 123 cm³/mol. The lowest BCUT2D eigenvalue weighted by molar-refractivity contribution is -0.297. The predicted octanol–water partition coefficient (Wildman–Crippen LogP) is 1.06. The fraction of sp³-hybridized carbons (Fsp3) is 0.875. The summed E-state index contributed by atoms with van der Waals surface area (Å²) in [5, 5.41) is 34.8. The first-order valence-electron chi connectivity index (χ1n) is 12.1. The summed E-state index contributed by atoms with van der Waals surface area (Å²) in [4.78, 5) is 14.4. The van der Waals surface area contributed by atoms with E-state index in [-0.39, 0.29) is 19.3 Å². The van der Waals surface area contributed by atoms with Crippen molar-refractivity contribution in [2.75, 3.05) is 46.5 Å².